The lowest BCUT2D eigenvalue weighted by Crippen LogP contribution is -2.45. The summed E-state index contributed by atoms with van der Waals surface area (Å²) >= 11 is 0. The smallest absolute Gasteiger partial charge is 0.161 e. The molecule has 0 aliphatic carbocycles. The number of likely N-dealkylation sites (N-methyl/N-ethyl adjacent to an activating group) is 1. The Hall–Kier alpha value is -1.30. The molecule has 2 atom stereocenters. The number of rotatable bonds is 2. The zero-order valence-electron chi connectivity index (χ0n) is 11.2. The molecule has 2 aliphatic rings. The molecule has 104 valence electrons. The predicted octanol–water partition coefficient (Wildman–Crippen LogP) is 0.788. The maximum absolute atomic E-state index is 6.32. The van der Waals surface area contributed by atoms with Crippen LogP contribution in [-0.4, -0.2) is 51.0 Å². The van der Waals surface area contributed by atoms with Gasteiger partial charge in [-0.15, -0.1) is 0 Å². The van der Waals surface area contributed by atoms with E-state index < -0.39 is 0 Å². The molecule has 2 N–H and O–H groups in total. The Balaban J connectivity index is 1.77. The number of benzene rings is 1. The molecule has 0 saturated carbocycles. The summed E-state index contributed by atoms with van der Waals surface area (Å²) < 4.78 is 16.9. The highest BCUT2D eigenvalue weighted by Gasteiger charge is 2.26. The van der Waals surface area contributed by atoms with Crippen LogP contribution in [0, 0.1) is 0 Å². The Kier molecular flexibility index (Phi) is 3.59. The Morgan fingerprint density at radius 3 is 2.79 bits per heavy atom. The molecule has 2 heterocycles. The lowest BCUT2D eigenvalue weighted by Gasteiger charge is -2.34. The summed E-state index contributed by atoms with van der Waals surface area (Å²) in [6.07, 6.45) is 0.0290. The van der Waals surface area contributed by atoms with E-state index in [0.717, 1.165) is 36.8 Å². The maximum Gasteiger partial charge on any atom is 0.161 e. The zero-order valence-corrected chi connectivity index (χ0v) is 11.2. The van der Waals surface area contributed by atoms with Gasteiger partial charge in [0.05, 0.1) is 18.8 Å². The van der Waals surface area contributed by atoms with Gasteiger partial charge in [0.25, 0.3) is 0 Å². The summed E-state index contributed by atoms with van der Waals surface area (Å²) in [5.41, 5.74) is 7.35. The van der Waals surface area contributed by atoms with Crippen molar-refractivity contribution in [1.82, 2.24) is 4.90 Å². The molecule has 5 heteroatoms. The minimum atomic E-state index is -0.140. The lowest BCUT2D eigenvalue weighted by atomic mass is 10.0. The van der Waals surface area contributed by atoms with Crippen LogP contribution in [0.25, 0.3) is 0 Å². The topological polar surface area (TPSA) is 57.0 Å². The summed E-state index contributed by atoms with van der Waals surface area (Å²) in [5, 5.41) is 0. The summed E-state index contributed by atoms with van der Waals surface area (Å²) in [5.74, 6) is 1.58. The number of fused-ring (bicyclic) bond motifs is 1. The first-order valence-electron chi connectivity index (χ1n) is 6.69. The van der Waals surface area contributed by atoms with Crippen molar-refractivity contribution in [2.75, 3.05) is 40.0 Å². The van der Waals surface area contributed by atoms with Gasteiger partial charge in [-0.05, 0) is 24.7 Å². The van der Waals surface area contributed by atoms with E-state index in [9.17, 15) is 0 Å². The van der Waals surface area contributed by atoms with Crippen molar-refractivity contribution >= 4 is 0 Å². The minimum Gasteiger partial charge on any atom is -0.486 e. The van der Waals surface area contributed by atoms with Crippen molar-refractivity contribution in [3.8, 4) is 11.5 Å². The lowest BCUT2D eigenvalue weighted by molar-refractivity contribution is -0.0326. The second-order valence-corrected chi connectivity index (χ2v) is 5.10. The fourth-order valence-corrected chi connectivity index (χ4v) is 2.51. The summed E-state index contributed by atoms with van der Waals surface area (Å²) in [6, 6.07) is 5.75. The molecule has 1 aromatic carbocycles. The highest BCUT2D eigenvalue weighted by atomic mass is 16.6. The van der Waals surface area contributed by atoms with Crippen LogP contribution < -0.4 is 15.2 Å². The molecule has 2 aliphatic heterocycles. The van der Waals surface area contributed by atoms with Gasteiger partial charge >= 0.3 is 0 Å². The molecule has 5 nitrogen and oxygen atoms in total. The molecule has 1 saturated heterocycles. The third-order valence-corrected chi connectivity index (χ3v) is 3.65. The van der Waals surface area contributed by atoms with Crippen LogP contribution in [0.15, 0.2) is 18.2 Å². The second-order valence-electron chi connectivity index (χ2n) is 5.10. The van der Waals surface area contributed by atoms with Crippen LogP contribution in [0.1, 0.15) is 11.6 Å². The Morgan fingerprint density at radius 1 is 1.21 bits per heavy atom. The fraction of sp³-hybridized carbons (Fsp3) is 0.571. The first kappa shape index (κ1) is 12.7. The van der Waals surface area contributed by atoms with Crippen LogP contribution in [0.4, 0.5) is 0 Å². The average Bonchev–Trinajstić information content (AvgIpc) is 2.46. The van der Waals surface area contributed by atoms with Crippen LogP contribution in [0.2, 0.25) is 0 Å². The van der Waals surface area contributed by atoms with Crippen molar-refractivity contribution in [3.63, 3.8) is 0 Å². The molecule has 19 heavy (non-hydrogen) atoms. The van der Waals surface area contributed by atoms with E-state index in [-0.39, 0.29) is 12.1 Å². The number of nitrogens with two attached hydrogens (primary N) is 1. The molecule has 0 radical (unpaired) electrons. The molecular formula is C14H20N2O3. The molecule has 2 unspecified atom stereocenters. The van der Waals surface area contributed by atoms with E-state index in [4.69, 9.17) is 19.9 Å². The largest absolute Gasteiger partial charge is 0.486 e. The first-order chi connectivity index (χ1) is 9.24. The Bertz CT molecular complexity index is 452. The Labute approximate surface area is 113 Å². The Morgan fingerprint density at radius 2 is 2.00 bits per heavy atom. The highest BCUT2D eigenvalue weighted by molar-refractivity contribution is 5.44. The van der Waals surface area contributed by atoms with Gasteiger partial charge in [-0.2, -0.15) is 0 Å². The SMILES string of the molecule is CN1CCOC(C(N)c2ccc3c(c2)OCCO3)C1. The van der Waals surface area contributed by atoms with E-state index >= 15 is 0 Å². The normalized spacial score (nSPS) is 25.1. The summed E-state index contributed by atoms with van der Waals surface area (Å²) in [6.45, 7) is 3.75. The number of morpholine rings is 1. The molecule has 0 amide bonds. The monoisotopic (exact) mass is 264 g/mol. The van der Waals surface area contributed by atoms with Crippen LogP contribution >= 0.6 is 0 Å². The van der Waals surface area contributed by atoms with E-state index in [1.165, 1.54) is 0 Å². The molecule has 0 aromatic heterocycles. The number of hydrogen-bond acceptors (Lipinski definition) is 5. The third kappa shape index (κ3) is 2.68. The van der Waals surface area contributed by atoms with Crippen molar-refractivity contribution in [2.45, 2.75) is 12.1 Å². The zero-order chi connectivity index (χ0) is 13.2. The average molecular weight is 264 g/mol. The number of hydrogen-bond donors (Lipinski definition) is 1. The highest BCUT2D eigenvalue weighted by Crippen LogP contribution is 2.33. The van der Waals surface area contributed by atoms with E-state index in [0.29, 0.717) is 13.2 Å². The van der Waals surface area contributed by atoms with Crippen LogP contribution in [0.3, 0.4) is 0 Å². The molecule has 0 spiro atoms. The molecule has 3 rings (SSSR count). The van der Waals surface area contributed by atoms with Gasteiger partial charge in [-0.25, -0.2) is 0 Å². The van der Waals surface area contributed by atoms with E-state index in [2.05, 4.69) is 11.9 Å². The van der Waals surface area contributed by atoms with E-state index in [1.54, 1.807) is 0 Å². The van der Waals surface area contributed by atoms with Gasteiger partial charge in [0.15, 0.2) is 11.5 Å². The van der Waals surface area contributed by atoms with Gasteiger partial charge in [0, 0.05) is 13.1 Å². The second kappa shape index (κ2) is 5.36. The van der Waals surface area contributed by atoms with Gasteiger partial charge in [-0.1, -0.05) is 6.07 Å². The predicted molar refractivity (Wildman–Crippen MR) is 71.6 cm³/mol. The van der Waals surface area contributed by atoms with Crippen molar-refractivity contribution in [2.24, 2.45) is 5.73 Å². The molecular weight excluding hydrogens is 244 g/mol. The minimum absolute atomic E-state index is 0.0290. The third-order valence-electron chi connectivity index (χ3n) is 3.65. The van der Waals surface area contributed by atoms with Gasteiger partial charge in [0.2, 0.25) is 0 Å². The first-order valence-corrected chi connectivity index (χ1v) is 6.69. The van der Waals surface area contributed by atoms with E-state index in [1.807, 2.05) is 18.2 Å². The molecule has 1 fully saturated rings. The van der Waals surface area contributed by atoms with Gasteiger partial charge < -0.3 is 24.8 Å². The molecule has 0 bridgehead atoms. The number of nitrogens with zero attached hydrogens (tertiary/aromatic N) is 1. The fourth-order valence-electron chi connectivity index (χ4n) is 2.51. The standard InChI is InChI=1S/C14H20N2O3/c1-16-4-5-17-13(9-16)14(15)10-2-3-11-12(8-10)19-7-6-18-11/h2-3,8,13-14H,4-7,9,15H2,1H3. The van der Waals surface area contributed by atoms with Crippen molar-refractivity contribution in [1.29, 1.82) is 0 Å². The van der Waals surface area contributed by atoms with Gasteiger partial charge in [0.1, 0.15) is 13.2 Å². The van der Waals surface area contributed by atoms with Crippen molar-refractivity contribution < 1.29 is 14.2 Å². The van der Waals surface area contributed by atoms with Crippen LogP contribution in [0.5, 0.6) is 11.5 Å². The van der Waals surface area contributed by atoms with Gasteiger partial charge in [-0.3, -0.25) is 0 Å². The molecule has 1 aromatic rings. The van der Waals surface area contributed by atoms with Crippen LogP contribution in [-0.2, 0) is 4.74 Å². The summed E-state index contributed by atoms with van der Waals surface area (Å²) in [7, 11) is 2.09. The van der Waals surface area contributed by atoms with Crippen molar-refractivity contribution in [3.05, 3.63) is 23.8 Å². The summed E-state index contributed by atoms with van der Waals surface area (Å²) in [4.78, 5) is 2.24. The quantitative estimate of drug-likeness (QED) is 0.856. The number of ether oxygens (including phenoxy) is 3. The maximum atomic E-state index is 6.32.